The topological polar surface area (TPSA) is 93.4 Å². The summed E-state index contributed by atoms with van der Waals surface area (Å²) in [7, 11) is -3.37. The third kappa shape index (κ3) is 3.88. The molecule has 4 aromatic rings. The molecule has 0 aliphatic carbocycles. The molecule has 0 aliphatic rings. The Labute approximate surface area is 168 Å². The Hall–Kier alpha value is -3.52. The molecule has 0 unspecified atom stereocenters. The van der Waals surface area contributed by atoms with Crippen LogP contribution >= 0.6 is 0 Å². The molecule has 2 aromatic heterocycles. The van der Waals surface area contributed by atoms with Crippen molar-refractivity contribution in [2.24, 2.45) is 0 Å². The smallest absolute Gasteiger partial charge is 0.255 e. The number of carbonyl (C=O) groups excluding carboxylic acids is 1. The van der Waals surface area contributed by atoms with Gasteiger partial charge in [-0.3, -0.25) is 4.79 Å². The maximum absolute atomic E-state index is 12.8. The summed E-state index contributed by atoms with van der Waals surface area (Å²) in [4.78, 5) is 17.1. The van der Waals surface area contributed by atoms with Crippen molar-refractivity contribution in [1.29, 1.82) is 0 Å². The van der Waals surface area contributed by atoms with Gasteiger partial charge < -0.3 is 5.32 Å². The van der Waals surface area contributed by atoms with Crippen LogP contribution in [0.3, 0.4) is 0 Å². The summed E-state index contributed by atoms with van der Waals surface area (Å²) in [5.74, 6) is -0.329. The molecule has 0 saturated carbocycles. The van der Waals surface area contributed by atoms with Crippen molar-refractivity contribution in [3.63, 3.8) is 0 Å². The van der Waals surface area contributed by atoms with Crippen molar-refractivity contribution >= 4 is 27.1 Å². The van der Waals surface area contributed by atoms with Crippen LogP contribution in [0.25, 0.3) is 16.9 Å². The fraction of sp³-hybridized carbons (Fsp3) is 0.0952. The second-order valence-corrected chi connectivity index (χ2v) is 8.75. The zero-order valence-corrected chi connectivity index (χ0v) is 16.6. The first-order chi connectivity index (χ1) is 13.8. The maximum Gasteiger partial charge on any atom is 0.255 e. The van der Waals surface area contributed by atoms with Crippen LogP contribution in [0, 0.1) is 6.92 Å². The monoisotopic (exact) mass is 406 g/mol. The van der Waals surface area contributed by atoms with E-state index in [0.29, 0.717) is 16.9 Å². The van der Waals surface area contributed by atoms with Crippen LogP contribution in [-0.2, 0) is 9.84 Å². The molecule has 1 N–H and O–H groups in total. The molecule has 0 saturated heterocycles. The number of benzene rings is 2. The predicted molar refractivity (Wildman–Crippen MR) is 111 cm³/mol. The van der Waals surface area contributed by atoms with Gasteiger partial charge in [-0.05, 0) is 48.9 Å². The number of aryl methyl sites for hydroxylation is 1. The number of hydrogen-bond donors (Lipinski definition) is 1. The van der Waals surface area contributed by atoms with Crippen LogP contribution in [0.15, 0.2) is 71.9 Å². The second-order valence-electron chi connectivity index (χ2n) is 6.73. The van der Waals surface area contributed by atoms with E-state index in [1.807, 2.05) is 25.1 Å². The minimum absolute atomic E-state index is 0.157. The summed E-state index contributed by atoms with van der Waals surface area (Å²) < 4.78 is 25.3. The number of sulfone groups is 1. The Morgan fingerprint density at radius 3 is 2.69 bits per heavy atom. The number of nitrogens with one attached hydrogen (secondary N) is 1. The molecule has 4 rings (SSSR count). The first kappa shape index (κ1) is 18.8. The fourth-order valence-corrected chi connectivity index (χ4v) is 3.60. The molecular weight excluding hydrogens is 388 g/mol. The number of hydrogen-bond acceptors (Lipinski definition) is 5. The van der Waals surface area contributed by atoms with Crippen LogP contribution in [0.1, 0.15) is 15.9 Å². The van der Waals surface area contributed by atoms with E-state index in [0.717, 1.165) is 23.0 Å². The summed E-state index contributed by atoms with van der Waals surface area (Å²) >= 11 is 0. The van der Waals surface area contributed by atoms with Crippen molar-refractivity contribution in [1.82, 2.24) is 14.6 Å². The number of anilines is 1. The van der Waals surface area contributed by atoms with Gasteiger partial charge in [0.05, 0.1) is 10.6 Å². The summed E-state index contributed by atoms with van der Waals surface area (Å²) in [5.41, 5.74) is 3.91. The third-order valence-corrected chi connectivity index (χ3v) is 5.67. The lowest BCUT2D eigenvalue weighted by Crippen LogP contribution is -2.13. The quantitative estimate of drug-likeness (QED) is 0.561. The van der Waals surface area contributed by atoms with Crippen LogP contribution in [0.4, 0.5) is 5.69 Å². The molecule has 2 aromatic carbocycles. The number of nitrogens with zero attached hydrogens (tertiary/aromatic N) is 3. The molecule has 146 valence electrons. The molecular formula is C21H18N4O3S. The minimum atomic E-state index is -3.37. The minimum Gasteiger partial charge on any atom is -0.322 e. The Morgan fingerprint density at radius 1 is 1.07 bits per heavy atom. The van der Waals surface area contributed by atoms with Crippen molar-refractivity contribution in [3.05, 3.63) is 78.1 Å². The van der Waals surface area contributed by atoms with E-state index in [1.54, 1.807) is 41.2 Å². The van der Waals surface area contributed by atoms with Crippen LogP contribution in [0.2, 0.25) is 0 Å². The molecule has 0 fully saturated rings. The summed E-state index contributed by atoms with van der Waals surface area (Å²) in [5, 5.41) is 7.30. The van der Waals surface area contributed by atoms with Crippen molar-refractivity contribution in [3.8, 4) is 11.3 Å². The lowest BCUT2D eigenvalue weighted by molar-refractivity contribution is 0.102. The first-order valence-electron chi connectivity index (χ1n) is 8.84. The molecule has 0 spiro atoms. The van der Waals surface area contributed by atoms with E-state index < -0.39 is 9.84 Å². The molecule has 2 heterocycles. The van der Waals surface area contributed by atoms with Crippen LogP contribution < -0.4 is 5.32 Å². The molecule has 0 aliphatic heterocycles. The van der Waals surface area contributed by atoms with E-state index >= 15 is 0 Å². The van der Waals surface area contributed by atoms with Gasteiger partial charge in [0.1, 0.15) is 0 Å². The fourth-order valence-electron chi connectivity index (χ4n) is 2.95. The molecule has 0 radical (unpaired) electrons. The molecule has 8 heteroatoms. The average molecular weight is 406 g/mol. The third-order valence-electron chi connectivity index (χ3n) is 4.56. The van der Waals surface area contributed by atoms with Crippen molar-refractivity contribution in [2.75, 3.05) is 11.6 Å². The number of amides is 1. The van der Waals surface area contributed by atoms with Crippen LogP contribution in [0.5, 0.6) is 0 Å². The average Bonchev–Trinajstić information content (AvgIpc) is 3.16. The van der Waals surface area contributed by atoms with E-state index in [2.05, 4.69) is 15.4 Å². The molecule has 0 atom stereocenters. The van der Waals surface area contributed by atoms with Gasteiger partial charge >= 0.3 is 0 Å². The Kier molecular flexibility index (Phi) is 4.63. The van der Waals surface area contributed by atoms with Gasteiger partial charge in [0, 0.05) is 35.5 Å². The standard InChI is InChI=1S/C21H18N4O3S/c1-14-6-7-17(29(2,27)28)13-19(14)23-21(26)16-5-3-4-15(12-16)18-8-9-20-22-10-11-25(20)24-18/h3-13H,1-2H3,(H,23,26). The Bertz CT molecular complexity index is 1340. The normalized spacial score (nSPS) is 11.5. The zero-order chi connectivity index (χ0) is 20.6. The second kappa shape index (κ2) is 7.14. The van der Waals surface area contributed by atoms with E-state index in [-0.39, 0.29) is 10.8 Å². The summed E-state index contributed by atoms with van der Waals surface area (Å²) in [6, 6.07) is 15.5. The highest BCUT2D eigenvalue weighted by atomic mass is 32.2. The van der Waals surface area contributed by atoms with Gasteiger partial charge in [-0.25, -0.2) is 17.9 Å². The predicted octanol–water partition coefficient (Wildman–Crippen LogP) is 3.36. The molecule has 0 bridgehead atoms. The van der Waals surface area contributed by atoms with Gasteiger partial charge in [-0.2, -0.15) is 5.10 Å². The Morgan fingerprint density at radius 2 is 1.90 bits per heavy atom. The number of rotatable bonds is 4. The number of fused-ring (bicyclic) bond motifs is 1. The lowest BCUT2D eigenvalue weighted by atomic mass is 10.1. The Balaban J connectivity index is 1.64. The van der Waals surface area contributed by atoms with Gasteiger partial charge in [0.15, 0.2) is 15.5 Å². The number of carbonyl (C=O) groups is 1. The summed E-state index contributed by atoms with van der Waals surface area (Å²) in [6.45, 7) is 1.81. The van der Waals surface area contributed by atoms with Gasteiger partial charge in [-0.1, -0.05) is 18.2 Å². The van der Waals surface area contributed by atoms with E-state index in [9.17, 15) is 13.2 Å². The number of imidazole rings is 1. The maximum atomic E-state index is 12.8. The lowest BCUT2D eigenvalue weighted by Gasteiger charge is -2.11. The van der Waals surface area contributed by atoms with Gasteiger partial charge in [-0.15, -0.1) is 0 Å². The van der Waals surface area contributed by atoms with E-state index in [4.69, 9.17) is 0 Å². The highest BCUT2D eigenvalue weighted by Gasteiger charge is 2.13. The highest BCUT2D eigenvalue weighted by molar-refractivity contribution is 7.90. The van der Waals surface area contributed by atoms with E-state index in [1.165, 1.54) is 12.1 Å². The first-order valence-corrected chi connectivity index (χ1v) is 10.7. The molecule has 1 amide bonds. The van der Waals surface area contributed by atoms with Gasteiger partial charge in [0.25, 0.3) is 5.91 Å². The SMILES string of the molecule is Cc1ccc(S(C)(=O)=O)cc1NC(=O)c1cccc(-c2ccc3nccn3n2)c1. The van der Waals surface area contributed by atoms with Crippen molar-refractivity contribution in [2.45, 2.75) is 11.8 Å². The van der Waals surface area contributed by atoms with Crippen LogP contribution in [-0.4, -0.2) is 35.2 Å². The molecule has 7 nitrogen and oxygen atoms in total. The molecule has 29 heavy (non-hydrogen) atoms. The largest absolute Gasteiger partial charge is 0.322 e. The summed E-state index contributed by atoms with van der Waals surface area (Å²) in [6.07, 6.45) is 4.56. The zero-order valence-electron chi connectivity index (χ0n) is 15.8. The highest BCUT2D eigenvalue weighted by Crippen LogP contribution is 2.23. The van der Waals surface area contributed by atoms with Crippen molar-refractivity contribution < 1.29 is 13.2 Å². The van der Waals surface area contributed by atoms with Gasteiger partial charge in [0.2, 0.25) is 0 Å². The number of aromatic nitrogens is 3.